The van der Waals surface area contributed by atoms with Crippen molar-refractivity contribution in [2.45, 2.75) is 11.8 Å². The van der Waals surface area contributed by atoms with Crippen molar-refractivity contribution in [1.82, 2.24) is 10.2 Å². The van der Waals surface area contributed by atoms with E-state index >= 15 is 0 Å². The molecule has 0 bridgehead atoms. The summed E-state index contributed by atoms with van der Waals surface area (Å²) in [5.74, 6) is -1.27. The summed E-state index contributed by atoms with van der Waals surface area (Å²) >= 11 is 0. The van der Waals surface area contributed by atoms with E-state index in [0.29, 0.717) is 17.8 Å². The zero-order valence-corrected chi connectivity index (χ0v) is 12.8. The number of hydrogen-bond acceptors (Lipinski definition) is 2. The summed E-state index contributed by atoms with van der Waals surface area (Å²) in [7, 11) is 0. The lowest BCUT2D eigenvalue weighted by atomic mass is 9.68. The lowest BCUT2D eigenvalue weighted by Gasteiger charge is -2.34. The van der Waals surface area contributed by atoms with Crippen LogP contribution in [0.15, 0.2) is 54.6 Å². The maximum absolute atomic E-state index is 13.9. The number of fused-ring (bicyclic) bond motifs is 1. The van der Waals surface area contributed by atoms with Crippen molar-refractivity contribution in [3.05, 3.63) is 88.6 Å². The second kappa shape index (κ2) is 5.30. The van der Waals surface area contributed by atoms with Crippen LogP contribution in [-0.4, -0.2) is 10.2 Å². The van der Waals surface area contributed by atoms with Crippen LogP contribution in [0.1, 0.15) is 22.4 Å². The van der Waals surface area contributed by atoms with Crippen molar-refractivity contribution < 1.29 is 8.78 Å². The van der Waals surface area contributed by atoms with Gasteiger partial charge in [-0.05, 0) is 23.3 Å². The SMILES string of the molecule is Nc1n[nH]c2c1C=CC(c1ccccc1)(c1ccc(F)c(F)c1)C2. The molecule has 0 fully saturated rings. The summed E-state index contributed by atoms with van der Waals surface area (Å²) in [6.07, 6.45) is 4.42. The molecule has 0 radical (unpaired) electrons. The molecule has 2 aromatic carbocycles. The molecule has 0 amide bonds. The van der Waals surface area contributed by atoms with E-state index in [1.807, 2.05) is 42.5 Å². The molecular weight excluding hydrogens is 308 g/mol. The van der Waals surface area contributed by atoms with Gasteiger partial charge in [0.05, 0.1) is 0 Å². The average Bonchev–Trinajstić information content (AvgIpc) is 2.98. The minimum Gasteiger partial charge on any atom is -0.382 e. The number of rotatable bonds is 2. The van der Waals surface area contributed by atoms with Crippen molar-refractivity contribution in [1.29, 1.82) is 0 Å². The van der Waals surface area contributed by atoms with Gasteiger partial charge < -0.3 is 5.73 Å². The van der Waals surface area contributed by atoms with Crippen LogP contribution < -0.4 is 5.73 Å². The highest BCUT2D eigenvalue weighted by molar-refractivity contribution is 5.69. The van der Waals surface area contributed by atoms with Crippen molar-refractivity contribution in [3.63, 3.8) is 0 Å². The minimum atomic E-state index is -0.855. The predicted molar refractivity (Wildman–Crippen MR) is 89.3 cm³/mol. The van der Waals surface area contributed by atoms with Gasteiger partial charge in [-0.25, -0.2) is 8.78 Å². The molecule has 1 aliphatic carbocycles. The zero-order chi connectivity index (χ0) is 16.7. The molecule has 1 unspecified atom stereocenters. The van der Waals surface area contributed by atoms with Gasteiger partial charge in [-0.3, -0.25) is 5.10 Å². The molecule has 0 saturated carbocycles. The van der Waals surface area contributed by atoms with Gasteiger partial charge in [-0.2, -0.15) is 5.10 Å². The third-order valence-electron chi connectivity index (χ3n) is 4.63. The van der Waals surface area contributed by atoms with Gasteiger partial charge in [0.2, 0.25) is 0 Å². The Kier molecular flexibility index (Phi) is 3.23. The second-order valence-corrected chi connectivity index (χ2v) is 5.98. The maximum atomic E-state index is 13.9. The molecular formula is C19H15F2N3. The largest absolute Gasteiger partial charge is 0.382 e. The Balaban J connectivity index is 1.94. The number of aromatic nitrogens is 2. The fourth-order valence-corrected chi connectivity index (χ4v) is 3.36. The molecule has 1 aromatic heterocycles. The number of benzene rings is 2. The summed E-state index contributed by atoms with van der Waals surface area (Å²) in [5, 5.41) is 7.00. The number of anilines is 1. The first kappa shape index (κ1) is 14.6. The van der Waals surface area contributed by atoms with E-state index < -0.39 is 17.0 Å². The lowest BCUT2D eigenvalue weighted by molar-refractivity contribution is 0.502. The smallest absolute Gasteiger partial charge is 0.159 e. The fraction of sp³-hybridized carbons (Fsp3) is 0.105. The second-order valence-electron chi connectivity index (χ2n) is 5.98. The summed E-state index contributed by atoms with van der Waals surface area (Å²) in [6.45, 7) is 0. The van der Waals surface area contributed by atoms with E-state index in [1.165, 1.54) is 12.1 Å². The number of hydrogen-bond donors (Lipinski definition) is 2. The Morgan fingerprint density at radius 2 is 1.79 bits per heavy atom. The van der Waals surface area contributed by atoms with Crippen LogP contribution in [-0.2, 0) is 11.8 Å². The molecule has 3 nitrogen and oxygen atoms in total. The van der Waals surface area contributed by atoms with Crippen LogP contribution in [0.25, 0.3) is 6.08 Å². The quantitative estimate of drug-likeness (QED) is 0.753. The molecule has 5 heteroatoms. The van der Waals surface area contributed by atoms with E-state index in [-0.39, 0.29) is 0 Å². The van der Waals surface area contributed by atoms with E-state index in [9.17, 15) is 8.78 Å². The molecule has 3 aromatic rings. The third-order valence-corrected chi connectivity index (χ3v) is 4.63. The van der Waals surface area contributed by atoms with Gasteiger partial charge in [0.15, 0.2) is 17.5 Å². The number of aromatic amines is 1. The Labute approximate surface area is 137 Å². The first-order valence-corrected chi connectivity index (χ1v) is 7.63. The molecule has 1 aliphatic rings. The Morgan fingerprint density at radius 1 is 1.00 bits per heavy atom. The summed E-state index contributed by atoms with van der Waals surface area (Å²) in [6, 6.07) is 13.8. The van der Waals surface area contributed by atoms with Gasteiger partial charge in [-0.15, -0.1) is 0 Å². The highest BCUT2D eigenvalue weighted by atomic mass is 19.2. The summed E-state index contributed by atoms with van der Waals surface area (Å²) in [5.41, 5.74) is 8.66. The first-order chi connectivity index (χ1) is 11.6. The maximum Gasteiger partial charge on any atom is 0.159 e. The average molecular weight is 323 g/mol. The Hall–Kier alpha value is -2.95. The number of H-pyrrole nitrogens is 1. The predicted octanol–water partition coefficient (Wildman–Crippen LogP) is 3.83. The molecule has 24 heavy (non-hydrogen) atoms. The molecule has 1 atom stereocenters. The third kappa shape index (κ3) is 2.12. The standard InChI is InChI=1S/C19H15F2N3/c20-15-7-6-13(10-16(15)21)19(12-4-2-1-3-5-12)9-8-14-17(11-19)23-24-18(14)22/h1-10H,11H2,(H3,22,23,24). The number of nitrogens with one attached hydrogen (secondary N) is 1. The molecule has 1 heterocycles. The van der Waals surface area contributed by atoms with Gasteiger partial charge >= 0.3 is 0 Å². The van der Waals surface area contributed by atoms with Crippen molar-refractivity contribution in [3.8, 4) is 0 Å². The van der Waals surface area contributed by atoms with Gasteiger partial charge in [-0.1, -0.05) is 48.6 Å². The molecule has 3 N–H and O–H groups in total. The zero-order valence-electron chi connectivity index (χ0n) is 12.8. The monoisotopic (exact) mass is 323 g/mol. The summed E-state index contributed by atoms with van der Waals surface area (Å²) < 4.78 is 27.3. The van der Waals surface area contributed by atoms with Crippen molar-refractivity contribution in [2.24, 2.45) is 0 Å². The van der Waals surface area contributed by atoms with Crippen LogP contribution in [0.2, 0.25) is 0 Å². The van der Waals surface area contributed by atoms with Crippen LogP contribution >= 0.6 is 0 Å². The van der Waals surface area contributed by atoms with E-state index in [2.05, 4.69) is 10.2 Å². The van der Waals surface area contributed by atoms with Crippen molar-refractivity contribution >= 4 is 11.9 Å². The molecule has 0 aliphatic heterocycles. The molecule has 0 saturated heterocycles. The number of allylic oxidation sites excluding steroid dienone is 1. The molecule has 120 valence electrons. The highest BCUT2D eigenvalue weighted by Gasteiger charge is 2.36. The normalized spacial score (nSPS) is 19.2. The Bertz CT molecular complexity index is 931. The van der Waals surface area contributed by atoms with E-state index in [0.717, 1.165) is 16.8 Å². The van der Waals surface area contributed by atoms with Gasteiger partial charge in [0.25, 0.3) is 0 Å². The fourth-order valence-electron chi connectivity index (χ4n) is 3.36. The number of halogens is 2. The van der Waals surface area contributed by atoms with Gasteiger partial charge in [0.1, 0.15) is 0 Å². The van der Waals surface area contributed by atoms with Crippen LogP contribution in [0, 0.1) is 11.6 Å². The topological polar surface area (TPSA) is 54.7 Å². The lowest BCUT2D eigenvalue weighted by Crippen LogP contribution is -2.30. The van der Waals surface area contributed by atoms with Crippen LogP contribution in [0.4, 0.5) is 14.6 Å². The van der Waals surface area contributed by atoms with Crippen LogP contribution in [0.3, 0.4) is 0 Å². The van der Waals surface area contributed by atoms with Crippen LogP contribution in [0.5, 0.6) is 0 Å². The van der Waals surface area contributed by atoms with E-state index in [4.69, 9.17) is 5.73 Å². The molecule has 0 spiro atoms. The highest BCUT2D eigenvalue weighted by Crippen LogP contribution is 2.42. The Morgan fingerprint density at radius 3 is 2.54 bits per heavy atom. The molecule has 4 rings (SSSR count). The van der Waals surface area contributed by atoms with Gasteiger partial charge in [0, 0.05) is 23.1 Å². The van der Waals surface area contributed by atoms with Crippen molar-refractivity contribution in [2.75, 3.05) is 5.73 Å². The minimum absolute atomic E-state index is 0.438. The number of nitrogen functional groups attached to an aromatic ring is 1. The summed E-state index contributed by atoms with van der Waals surface area (Å²) in [4.78, 5) is 0. The number of nitrogens with zero attached hydrogens (tertiary/aromatic N) is 1. The first-order valence-electron chi connectivity index (χ1n) is 7.63. The van der Waals surface area contributed by atoms with E-state index in [1.54, 1.807) is 6.07 Å². The number of nitrogens with two attached hydrogens (primary N) is 1.